The van der Waals surface area contributed by atoms with Crippen LogP contribution in [0.4, 0.5) is 4.39 Å². The van der Waals surface area contributed by atoms with Gasteiger partial charge in [0.15, 0.2) is 0 Å². The average molecular weight is 279 g/mol. The van der Waals surface area contributed by atoms with E-state index in [1.807, 2.05) is 0 Å². The van der Waals surface area contributed by atoms with E-state index in [0.29, 0.717) is 19.5 Å². The van der Waals surface area contributed by atoms with E-state index in [-0.39, 0.29) is 30.5 Å². The molecule has 108 valence electrons. The number of carboxylic acid groups (broad SMARTS) is 1. The van der Waals surface area contributed by atoms with Gasteiger partial charge < -0.3 is 10.0 Å². The van der Waals surface area contributed by atoms with Crippen molar-refractivity contribution in [2.75, 3.05) is 13.1 Å². The maximum Gasteiger partial charge on any atom is 0.303 e. The van der Waals surface area contributed by atoms with Gasteiger partial charge in [0.05, 0.1) is 6.42 Å². The number of nitrogens with zero attached hydrogens (tertiary/aromatic N) is 1. The van der Waals surface area contributed by atoms with E-state index in [4.69, 9.17) is 5.11 Å². The fourth-order valence-corrected chi connectivity index (χ4v) is 2.51. The van der Waals surface area contributed by atoms with Crippen molar-refractivity contribution >= 4 is 11.9 Å². The number of aliphatic carboxylic acids is 1. The highest BCUT2D eigenvalue weighted by Crippen LogP contribution is 2.21. The van der Waals surface area contributed by atoms with Crippen molar-refractivity contribution in [3.63, 3.8) is 0 Å². The topological polar surface area (TPSA) is 57.6 Å². The molecular formula is C15H18FNO3. The SMILES string of the molecule is O=C(O)CCC1CCN(C(=O)Cc2ccc(F)cc2)C1. The summed E-state index contributed by atoms with van der Waals surface area (Å²) in [7, 11) is 0. The average Bonchev–Trinajstić information content (AvgIpc) is 2.88. The predicted octanol–water partition coefficient (Wildman–Crippen LogP) is 2.08. The van der Waals surface area contributed by atoms with Crippen molar-refractivity contribution in [2.24, 2.45) is 5.92 Å². The highest BCUT2D eigenvalue weighted by Gasteiger charge is 2.26. The largest absolute Gasteiger partial charge is 0.481 e. The number of benzene rings is 1. The number of rotatable bonds is 5. The molecule has 1 aliphatic heterocycles. The Bertz CT molecular complexity index is 486. The summed E-state index contributed by atoms with van der Waals surface area (Å²) in [4.78, 5) is 24.4. The maximum absolute atomic E-state index is 12.8. The second-order valence-electron chi connectivity index (χ2n) is 5.23. The zero-order valence-corrected chi connectivity index (χ0v) is 11.2. The number of carboxylic acids is 1. The van der Waals surface area contributed by atoms with Crippen LogP contribution in [-0.4, -0.2) is 35.0 Å². The van der Waals surface area contributed by atoms with E-state index in [9.17, 15) is 14.0 Å². The molecule has 1 N–H and O–H groups in total. The van der Waals surface area contributed by atoms with Gasteiger partial charge in [0.25, 0.3) is 0 Å². The molecule has 0 saturated carbocycles. The molecule has 5 heteroatoms. The van der Waals surface area contributed by atoms with Crippen LogP contribution in [0.15, 0.2) is 24.3 Å². The molecule has 1 heterocycles. The molecule has 2 rings (SSSR count). The van der Waals surface area contributed by atoms with Crippen LogP contribution in [0.3, 0.4) is 0 Å². The Labute approximate surface area is 117 Å². The second-order valence-corrected chi connectivity index (χ2v) is 5.23. The van der Waals surface area contributed by atoms with Gasteiger partial charge >= 0.3 is 5.97 Å². The van der Waals surface area contributed by atoms with Gasteiger partial charge in [-0.1, -0.05) is 12.1 Å². The normalized spacial score (nSPS) is 18.2. The van der Waals surface area contributed by atoms with E-state index < -0.39 is 5.97 Å². The Morgan fingerprint density at radius 1 is 1.30 bits per heavy atom. The van der Waals surface area contributed by atoms with Crippen LogP contribution >= 0.6 is 0 Å². The number of hydrogen-bond donors (Lipinski definition) is 1. The number of halogens is 1. The van der Waals surface area contributed by atoms with Gasteiger partial charge in [-0.05, 0) is 36.5 Å². The lowest BCUT2D eigenvalue weighted by Crippen LogP contribution is -2.30. The highest BCUT2D eigenvalue weighted by molar-refractivity contribution is 5.79. The Hall–Kier alpha value is -1.91. The lowest BCUT2D eigenvalue weighted by molar-refractivity contribution is -0.137. The summed E-state index contributed by atoms with van der Waals surface area (Å²) in [6.07, 6.45) is 1.91. The summed E-state index contributed by atoms with van der Waals surface area (Å²) < 4.78 is 12.8. The van der Waals surface area contributed by atoms with E-state index in [1.54, 1.807) is 17.0 Å². The molecule has 0 aliphatic carbocycles. The molecule has 1 unspecified atom stereocenters. The summed E-state index contributed by atoms with van der Waals surface area (Å²) in [6, 6.07) is 5.93. The zero-order chi connectivity index (χ0) is 14.5. The van der Waals surface area contributed by atoms with Gasteiger partial charge in [0.1, 0.15) is 5.82 Å². The Kier molecular flexibility index (Phi) is 4.71. The summed E-state index contributed by atoms with van der Waals surface area (Å²) in [5.41, 5.74) is 0.797. The number of likely N-dealkylation sites (tertiary alicyclic amines) is 1. The van der Waals surface area contributed by atoms with Gasteiger partial charge in [-0.3, -0.25) is 9.59 Å². The fourth-order valence-electron chi connectivity index (χ4n) is 2.51. The van der Waals surface area contributed by atoms with Gasteiger partial charge in [-0.2, -0.15) is 0 Å². The van der Waals surface area contributed by atoms with E-state index >= 15 is 0 Å². The maximum atomic E-state index is 12.8. The van der Waals surface area contributed by atoms with Crippen molar-refractivity contribution in [1.29, 1.82) is 0 Å². The molecule has 0 spiro atoms. The van der Waals surface area contributed by atoms with E-state index in [1.165, 1.54) is 12.1 Å². The molecule has 1 aromatic carbocycles. The minimum atomic E-state index is -0.791. The smallest absolute Gasteiger partial charge is 0.303 e. The first-order chi connectivity index (χ1) is 9.54. The molecule has 0 bridgehead atoms. The fraction of sp³-hybridized carbons (Fsp3) is 0.467. The minimum absolute atomic E-state index is 0.0226. The summed E-state index contributed by atoms with van der Waals surface area (Å²) >= 11 is 0. The zero-order valence-electron chi connectivity index (χ0n) is 11.2. The summed E-state index contributed by atoms with van der Waals surface area (Å²) in [5.74, 6) is -0.796. The lowest BCUT2D eigenvalue weighted by Gasteiger charge is -2.16. The summed E-state index contributed by atoms with van der Waals surface area (Å²) in [6.45, 7) is 1.32. The lowest BCUT2D eigenvalue weighted by atomic mass is 10.0. The first-order valence-electron chi connectivity index (χ1n) is 6.78. The Morgan fingerprint density at radius 2 is 2.00 bits per heavy atom. The minimum Gasteiger partial charge on any atom is -0.481 e. The van der Waals surface area contributed by atoms with Gasteiger partial charge in [-0.25, -0.2) is 4.39 Å². The third-order valence-electron chi connectivity index (χ3n) is 3.67. The molecule has 1 amide bonds. The molecule has 1 saturated heterocycles. The van der Waals surface area contributed by atoms with Crippen LogP contribution in [0.5, 0.6) is 0 Å². The second kappa shape index (κ2) is 6.50. The number of carbonyl (C=O) groups is 2. The van der Waals surface area contributed by atoms with Crippen molar-refractivity contribution in [1.82, 2.24) is 4.90 Å². The molecule has 1 fully saturated rings. The van der Waals surface area contributed by atoms with Crippen LogP contribution in [-0.2, 0) is 16.0 Å². The first kappa shape index (κ1) is 14.5. The molecule has 1 atom stereocenters. The third kappa shape index (κ3) is 4.05. The monoisotopic (exact) mass is 279 g/mol. The van der Waals surface area contributed by atoms with E-state index in [2.05, 4.69) is 0 Å². The van der Waals surface area contributed by atoms with Crippen LogP contribution in [0.25, 0.3) is 0 Å². The summed E-state index contributed by atoms with van der Waals surface area (Å²) in [5, 5.41) is 8.65. The standard InChI is InChI=1S/C15H18FNO3/c16-13-4-1-11(2-5-13)9-14(18)17-8-7-12(10-17)3-6-15(19)20/h1-2,4-5,12H,3,6-10H2,(H,19,20). The Balaban J connectivity index is 1.82. The number of hydrogen-bond acceptors (Lipinski definition) is 2. The number of amides is 1. The molecule has 1 aromatic rings. The first-order valence-corrected chi connectivity index (χ1v) is 6.78. The quantitative estimate of drug-likeness (QED) is 0.897. The van der Waals surface area contributed by atoms with Crippen molar-refractivity contribution in [3.8, 4) is 0 Å². The molecule has 4 nitrogen and oxygen atoms in total. The van der Waals surface area contributed by atoms with Crippen LogP contribution in [0.2, 0.25) is 0 Å². The Morgan fingerprint density at radius 3 is 2.65 bits per heavy atom. The van der Waals surface area contributed by atoms with Gasteiger partial charge in [-0.15, -0.1) is 0 Å². The van der Waals surface area contributed by atoms with Crippen LogP contribution in [0, 0.1) is 11.7 Å². The van der Waals surface area contributed by atoms with E-state index in [0.717, 1.165) is 12.0 Å². The molecular weight excluding hydrogens is 261 g/mol. The van der Waals surface area contributed by atoms with Gasteiger partial charge in [0, 0.05) is 19.5 Å². The van der Waals surface area contributed by atoms with Crippen LogP contribution < -0.4 is 0 Å². The van der Waals surface area contributed by atoms with Crippen molar-refractivity contribution in [3.05, 3.63) is 35.6 Å². The predicted molar refractivity (Wildman–Crippen MR) is 71.7 cm³/mol. The molecule has 0 aromatic heterocycles. The van der Waals surface area contributed by atoms with Crippen LogP contribution in [0.1, 0.15) is 24.8 Å². The molecule has 1 aliphatic rings. The number of carbonyl (C=O) groups excluding carboxylic acids is 1. The van der Waals surface area contributed by atoms with Crippen molar-refractivity contribution in [2.45, 2.75) is 25.7 Å². The molecule has 20 heavy (non-hydrogen) atoms. The van der Waals surface area contributed by atoms with Gasteiger partial charge in [0.2, 0.25) is 5.91 Å². The molecule has 0 radical (unpaired) electrons. The van der Waals surface area contributed by atoms with Crippen molar-refractivity contribution < 1.29 is 19.1 Å². The third-order valence-corrected chi connectivity index (χ3v) is 3.67. The highest BCUT2D eigenvalue weighted by atomic mass is 19.1.